The average molecular weight is 215 g/mol. The van der Waals surface area contributed by atoms with E-state index in [1.54, 1.807) is 0 Å². The molecule has 2 aliphatic rings. The van der Waals surface area contributed by atoms with Crippen LogP contribution in [0.25, 0.3) is 0 Å². The van der Waals surface area contributed by atoms with E-state index in [9.17, 15) is 9.18 Å². The van der Waals surface area contributed by atoms with Crippen LogP contribution in [0, 0.1) is 0 Å². The minimum Gasteiger partial charge on any atom is -0.462 e. The number of halogens is 1. The highest BCUT2D eigenvalue weighted by atomic mass is 19.1. The predicted octanol–water partition coefficient (Wildman–Crippen LogP) is 1.51. The standard InChI is InChI=1S/C11H18FNO2/c1-8(2)15-10(14)11-4-3-5-13(11)7-9(12)6-11/h8-9H,3-7H2,1-2H3/t9-,11+/m1/s1. The maximum atomic E-state index is 13.3. The molecule has 0 aromatic rings. The molecule has 2 atom stereocenters. The molecule has 0 bridgehead atoms. The second kappa shape index (κ2) is 3.74. The fourth-order valence-electron chi connectivity index (χ4n) is 2.74. The van der Waals surface area contributed by atoms with Crippen molar-refractivity contribution < 1.29 is 13.9 Å². The summed E-state index contributed by atoms with van der Waals surface area (Å²) in [6, 6.07) is 0. The van der Waals surface area contributed by atoms with E-state index in [-0.39, 0.29) is 12.1 Å². The first-order valence-electron chi connectivity index (χ1n) is 5.65. The molecule has 2 aliphatic heterocycles. The number of hydrogen-bond acceptors (Lipinski definition) is 3. The number of ether oxygens (including phenoxy) is 1. The Morgan fingerprint density at radius 2 is 2.33 bits per heavy atom. The van der Waals surface area contributed by atoms with Gasteiger partial charge in [0.1, 0.15) is 11.7 Å². The van der Waals surface area contributed by atoms with Gasteiger partial charge >= 0.3 is 5.97 Å². The van der Waals surface area contributed by atoms with Crippen LogP contribution < -0.4 is 0 Å². The molecule has 0 aromatic carbocycles. The molecule has 0 unspecified atom stereocenters. The van der Waals surface area contributed by atoms with E-state index >= 15 is 0 Å². The Hall–Kier alpha value is -0.640. The number of carbonyl (C=O) groups excluding carboxylic acids is 1. The van der Waals surface area contributed by atoms with Gasteiger partial charge in [-0.25, -0.2) is 4.39 Å². The van der Waals surface area contributed by atoms with Crippen LogP contribution in [0.2, 0.25) is 0 Å². The topological polar surface area (TPSA) is 29.5 Å². The van der Waals surface area contributed by atoms with E-state index in [1.165, 1.54) is 0 Å². The van der Waals surface area contributed by atoms with Gasteiger partial charge in [-0.05, 0) is 33.2 Å². The third kappa shape index (κ3) is 1.75. The van der Waals surface area contributed by atoms with Crippen molar-refractivity contribution in [2.24, 2.45) is 0 Å². The summed E-state index contributed by atoms with van der Waals surface area (Å²) in [4.78, 5) is 13.9. The smallest absolute Gasteiger partial charge is 0.326 e. The Kier molecular flexibility index (Phi) is 2.71. The SMILES string of the molecule is CC(C)OC(=O)[C@@]12CCCN1C[C@H](F)C2. The van der Waals surface area contributed by atoms with Gasteiger partial charge in [-0.2, -0.15) is 0 Å². The molecule has 2 saturated heterocycles. The number of hydrogen-bond donors (Lipinski definition) is 0. The highest BCUT2D eigenvalue weighted by Gasteiger charge is 2.55. The monoisotopic (exact) mass is 215 g/mol. The van der Waals surface area contributed by atoms with E-state index in [0.29, 0.717) is 13.0 Å². The van der Waals surface area contributed by atoms with Crippen LogP contribution in [-0.2, 0) is 9.53 Å². The zero-order valence-electron chi connectivity index (χ0n) is 9.33. The van der Waals surface area contributed by atoms with Crippen molar-refractivity contribution in [3.63, 3.8) is 0 Å². The lowest BCUT2D eigenvalue weighted by Gasteiger charge is -2.29. The first-order valence-corrected chi connectivity index (χ1v) is 5.65. The lowest BCUT2D eigenvalue weighted by Crippen LogP contribution is -2.47. The van der Waals surface area contributed by atoms with Crippen molar-refractivity contribution in [1.82, 2.24) is 4.90 Å². The molecule has 0 aromatic heterocycles. The Balaban J connectivity index is 2.13. The first-order chi connectivity index (χ1) is 7.04. The molecule has 3 nitrogen and oxygen atoms in total. The molecule has 0 aliphatic carbocycles. The summed E-state index contributed by atoms with van der Waals surface area (Å²) in [6.07, 6.45) is 1.05. The summed E-state index contributed by atoms with van der Waals surface area (Å²) in [7, 11) is 0. The number of fused-ring (bicyclic) bond motifs is 1. The number of carbonyl (C=O) groups is 1. The molecule has 0 amide bonds. The van der Waals surface area contributed by atoms with Gasteiger partial charge in [-0.1, -0.05) is 0 Å². The fraction of sp³-hybridized carbons (Fsp3) is 0.909. The zero-order chi connectivity index (χ0) is 11.1. The van der Waals surface area contributed by atoms with Crippen molar-refractivity contribution in [3.05, 3.63) is 0 Å². The Morgan fingerprint density at radius 1 is 1.60 bits per heavy atom. The molecule has 4 heteroatoms. The van der Waals surface area contributed by atoms with Gasteiger partial charge in [0.25, 0.3) is 0 Å². The van der Waals surface area contributed by atoms with Crippen molar-refractivity contribution in [2.45, 2.75) is 50.9 Å². The quantitative estimate of drug-likeness (QED) is 0.654. The van der Waals surface area contributed by atoms with Gasteiger partial charge in [0.2, 0.25) is 0 Å². The van der Waals surface area contributed by atoms with E-state index < -0.39 is 11.7 Å². The van der Waals surface area contributed by atoms with Gasteiger partial charge in [-0.3, -0.25) is 9.69 Å². The Morgan fingerprint density at radius 3 is 3.00 bits per heavy atom. The van der Waals surface area contributed by atoms with Crippen molar-refractivity contribution in [1.29, 1.82) is 0 Å². The van der Waals surface area contributed by atoms with Crippen LogP contribution in [0.5, 0.6) is 0 Å². The largest absolute Gasteiger partial charge is 0.462 e. The summed E-state index contributed by atoms with van der Waals surface area (Å²) in [5.74, 6) is -0.227. The van der Waals surface area contributed by atoms with E-state index in [0.717, 1.165) is 19.4 Å². The van der Waals surface area contributed by atoms with E-state index in [4.69, 9.17) is 4.74 Å². The molecule has 15 heavy (non-hydrogen) atoms. The molecule has 0 saturated carbocycles. The fourth-order valence-corrected chi connectivity index (χ4v) is 2.74. The molecular weight excluding hydrogens is 197 g/mol. The summed E-state index contributed by atoms with van der Waals surface area (Å²) >= 11 is 0. The van der Waals surface area contributed by atoms with Gasteiger partial charge < -0.3 is 4.74 Å². The van der Waals surface area contributed by atoms with Crippen LogP contribution >= 0.6 is 0 Å². The van der Waals surface area contributed by atoms with Crippen LogP contribution in [-0.4, -0.2) is 41.8 Å². The highest BCUT2D eigenvalue weighted by Crippen LogP contribution is 2.41. The predicted molar refractivity (Wildman–Crippen MR) is 54.3 cm³/mol. The van der Waals surface area contributed by atoms with E-state index in [2.05, 4.69) is 0 Å². The van der Waals surface area contributed by atoms with E-state index in [1.807, 2.05) is 18.7 Å². The molecule has 0 radical (unpaired) electrons. The van der Waals surface area contributed by atoms with Gasteiger partial charge in [0, 0.05) is 13.0 Å². The van der Waals surface area contributed by atoms with Crippen LogP contribution in [0.3, 0.4) is 0 Å². The Bertz CT molecular complexity index is 269. The molecule has 0 N–H and O–H groups in total. The minimum absolute atomic E-state index is 0.118. The number of esters is 1. The molecular formula is C11H18FNO2. The highest BCUT2D eigenvalue weighted by molar-refractivity contribution is 5.82. The van der Waals surface area contributed by atoms with Crippen molar-refractivity contribution in [3.8, 4) is 0 Å². The van der Waals surface area contributed by atoms with Crippen LogP contribution in [0.1, 0.15) is 33.1 Å². The maximum absolute atomic E-state index is 13.3. The number of alkyl halides is 1. The number of nitrogens with zero attached hydrogens (tertiary/aromatic N) is 1. The van der Waals surface area contributed by atoms with Gasteiger partial charge in [-0.15, -0.1) is 0 Å². The molecule has 2 rings (SSSR count). The summed E-state index contributed by atoms with van der Waals surface area (Å²) in [5.41, 5.74) is -0.635. The third-order valence-electron chi connectivity index (χ3n) is 3.32. The lowest BCUT2D eigenvalue weighted by atomic mass is 9.94. The lowest BCUT2D eigenvalue weighted by molar-refractivity contribution is -0.159. The minimum atomic E-state index is -0.870. The first kappa shape index (κ1) is 10.9. The van der Waals surface area contributed by atoms with Crippen LogP contribution in [0.15, 0.2) is 0 Å². The molecule has 2 fully saturated rings. The Labute approximate surface area is 89.6 Å². The van der Waals surface area contributed by atoms with Crippen molar-refractivity contribution >= 4 is 5.97 Å². The second-order valence-corrected chi connectivity index (χ2v) is 4.84. The van der Waals surface area contributed by atoms with Crippen molar-refractivity contribution in [2.75, 3.05) is 13.1 Å². The maximum Gasteiger partial charge on any atom is 0.326 e. The summed E-state index contributed by atoms with van der Waals surface area (Å²) in [6.45, 7) is 4.88. The number of rotatable bonds is 2. The second-order valence-electron chi connectivity index (χ2n) is 4.84. The van der Waals surface area contributed by atoms with Gasteiger partial charge in [0.05, 0.1) is 6.10 Å². The summed E-state index contributed by atoms with van der Waals surface area (Å²) in [5, 5.41) is 0. The van der Waals surface area contributed by atoms with Crippen LogP contribution in [0.4, 0.5) is 4.39 Å². The third-order valence-corrected chi connectivity index (χ3v) is 3.32. The zero-order valence-corrected chi connectivity index (χ0v) is 9.33. The average Bonchev–Trinajstić information content (AvgIpc) is 2.58. The molecule has 86 valence electrons. The molecule has 0 spiro atoms. The van der Waals surface area contributed by atoms with Gasteiger partial charge in [0.15, 0.2) is 0 Å². The normalized spacial score (nSPS) is 35.9. The molecule has 2 heterocycles. The summed E-state index contributed by atoms with van der Waals surface area (Å²) < 4.78 is 18.6.